The van der Waals surface area contributed by atoms with Crippen LogP contribution in [-0.4, -0.2) is 72.1 Å². The van der Waals surface area contributed by atoms with E-state index in [1.165, 1.54) is 0 Å². The van der Waals surface area contributed by atoms with Crippen molar-refractivity contribution in [2.45, 2.75) is 36.7 Å². The van der Waals surface area contributed by atoms with Crippen LogP contribution < -0.4 is 14.8 Å². The number of hydrogen-bond acceptors (Lipinski definition) is 9. The third-order valence-electron chi connectivity index (χ3n) is 5.15. The summed E-state index contributed by atoms with van der Waals surface area (Å²) in [5.74, 6) is -9.76. The van der Waals surface area contributed by atoms with Crippen LogP contribution >= 0.6 is 0 Å². The molecule has 1 N–H and O–H groups in total. The molecule has 0 aromatic heterocycles. The van der Waals surface area contributed by atoms with Crippen molar-refractivity contribution >= 4 is 23.7 Å². The number of nitrogens with zero attached hydrogens (tertiary/aromatic N) is 2. The number of para-hydroxylation sites is 1. The maximum absolute atomic E-state index is 13.6. The molecule has 1 spiro atoms. The molecule has 18 heteroatoms. The molecule has 0 radical (unpaired) electrons. The number of amides is 1. The number of esters is 1. The average molecular weight is 533 g/mol. The minimum absolute atomic E-state index is 0.159. The molecule has 1 amide bonds. The van der Waals surface area contributed by atoms with Gasteiger partial charge in [-0.05, 0) is 25.1 Å². The quantitative estimate of drug-likeness (QED) is 0.463. The number of piperidine rings is 1. The Hall–Kier alpha value is -3.70. The van der Waals surface area contributed by atoms with Gasteiger partial charge in [-0.1, -0.05) is 6.07 Å². The number of ether oxygens (including phenoxy) is 3. The van der Waals surface area contributed by atoms with E-state index < -0.39 is 84.0 Å². The molecule has 1 saturated heterocycles. The van der Waals surface area contributed by atoms with Gasteiger partial charge in [0.15, 0.2) is 22.9 Å². The van der Waals surface area contributed by atoms with E-state index in [2.05, 4.69) is 29.4 Å². The summed E-state index contributed by atoms with van der Waals surface area (Å²) >= 11 is 0. The van der Waals surface area contributed by atoms with Crippen molar-refractivity contribution in [2.75, 3.05) is 13.1 Å². The number of benzene rings is 1. The van der Waals surface area contributed by atoms with E-state index in [9.17, 15) is 49.5 Å². The highest BCUT2D eigenvalue weighted by atomic mass is 19.4. The van der Waals surface area contributed by atoms with Crippen molar-refractivity contribution < 1.29 is 68.6 Å². The highest BCUT2D eigenvalue weighted by molar-refractivity contribution is 6.16. The third-order valence-corrected chi connectivity index (χ3v) is 5.15. The molecule has 3 aliphatic rings. The molecule has 0 bridgehead atoms. The molecule has 3 heterocycles. The lowest BCUT2D eigenvalue weighted by molar-refractivity contribution is -0.286. The molecule has 10 nitrogen and oxygen atoms in total. The van der Waals surface area contributed by atoms with Crippen LogP contribution in [-0.2, 0) is 24.0 Å². The van der Waals surface area contributed by atoms with Crippen LogP contribution in [0.2, 0.25) is 0 Å². The minimum atomic E-state index is -5.65. The molecule has 196 valence electrons. The van der Waals surface area contributed by atoms with Gasteiger partial charge in [-0.25, -0.2) is 14.6 Å². The van der Waals surface area contributed by atoms with Crippen LogP contribution in [0.1, 0.15) is 12.0 Å². The first-order chi connectivity index (χ1) is 16.6. The van der Waals surface area contributed by atoms with Crippen LogP contribution in [0.4, 0.5) is 35.1 Å². The fraction of sp³-hybridized carbons (Fsp3) is 0.444. The first-order valence-corrected chi connectivity index (χ1v) is 9.66. The summed E-state index contributed by atoms with van der Waals surface area (Å²) in [5, 5.41) is 2.22. The fourth-order valence-corrected chi connectivity index (χ4v) is 3.64. The zero-order chi connectivity index (χ0) is 26.7. The number of alkyl halides is 8. The lowest BCUT2D eigenvalue weighted by Gasteiger charge is -2.36. The summed E-state index contributed by atoms with van der Waals surface area (Å²) in [6.45, 7) is -0.774. The Morgan fingerprint density at radius 1 is 1.08 bits per heavy atom. The van der Waals surface area contributed by atoms with E-state index in [0.717, 1.165) is 18.2 Å². The van der Waals surface area contributed by atoms with E-state index in [4.69, 9.17) is 0 Å². The first-order valence-electron chi connectivity index (χ1n) is 9.66. The van der Waals surface area contributed by atoms with Gasteiger partial charge in [-0.3, -0.25) is 4.79 Å². The molecular formula is C18H11F8N3O7. The van der Waals surface area contributed by atoms with Gasteiger partial charge in [0, 0.05) is 6.54 Å². The molecule has 1 aromatic carbocycles. The number of amidine groups is 1. The highest BCUT2D eigenvalue weighted by Gasteiger charge is 2.61. The Labute approximate surface area is 193 Å². The van der Waals surface area contributed by atoms with Gasteiger partial charge >= 0.3 is 30.6 Å². The Balaban J connectivity index is 1.83. The number of aliphatic imine (C=N–C) groups is 1. The van der Waals surface area contributed by atoms with E-state index in [1.807, 2.05) is 0 Å². The predicted octanol–water partition coefficient (Wildman–Crippen LogP) is 1.82. The lowest BCUT2D eigenvalue weighted by Crippen LogP contribution is -2.60. The summed E-state index contributed by atoms with van der Waals surface area (Å²) in [4.78, 5) is 44.2. The number of hydrogen-bond donors (Lipinski definition) is 1. The van der Waals surface area contributed by atoms with E-state index in [0.29, 0.717) is 0 Å². The van der Waals surface area contributed by atoms with Crippen molar-refractivity contribution in [1.29, 1.82) is 0 Å². The zero-order valence-corrected chi connectivity index (χ0v) is 17.2. The maximum atomic E-state index is 13.6. The highest BCUT2D eigenvalue weighted by Crippen LogP contribution is 2.46. The van der Waals surface area contributed by atoms with E-state index >= 15 is 0 Å². The van der Waals surface area contributed by atoms with E-state index in [-0.39, 0.29) is 11.6 Å². The van der Waals surface area contributed by atoms with E-state index in [1.54, 1.807) is 0 Å². The molecule has 3 aliphatic heterocycles. The van der Waals surface area contributed by atoms with Gasteiger partial charge in [0.05, 0.1) is 5.56 Å². The molecule has 4 rings (SSSR count). The molecular weight excluding hydrogens is 522 g/mol. The van der Waals surface area contributed by atoms with Gasteiger partial charge < -0.3 is 24.4 Å². The number of halogens is 8. The Kier molecular flexibility index (Phi) is 5.76. The molecule has 1 fully saturated rings. The summed E-state index contributed by atoms with van der Waals surface area (Å²) in [6, 6.07) is 2.95. The Bertz CT molecular complexity index is 1150. The number of carbonyl (C=O) groups excluding carboxylic acids is 3. The largest absolute Gasteiger partial charge is 0.586 e. The molecule has 2 atom stereocenters. The second-order valence-electron chi connectivity index (χ2n) is 7.48. The number of hydroxylamine groups is 2. The number of carbonyl (C=O) groups is 3. The second-order valence-corrected chi connectivity index (χ2v) is 7.48. The molecule has 1 aromatic rings. The Morgan fingerprint density at radius 2 is 1.75 bits per heavy atom. The summed E-state index contributed by atoms with van der Waals surface area (Å²) in [6.07, 6.45) is -18.0. The summed E-state index contributed by atoms with van der Waals surface area (Å²) in [5.41, 5.74) is -3.15. The molecule has 36 heavy (non-hydrogen) atoms. The number of rotatable bonds is 3. The second kappa shape index (κ2) is 8.17. The van der Waals surface area contributed by atoms with Crippen LogP contribution in [0.25, 0.3) is 0 Å². The standard InChI is InChI=1S/C18H11F8N3O7/c19-16(20,21)13(31)33-9-6-27-5-4-15(9)12(30)29(36-14(32)17(22,23)24)11(28-15)7-2-1-3-8-10(7)35-18(25,26)34-8/h1-3,9,27H,4-6H2. The van der Waals surface area contributed by atoms with Gasteiger partial charge in [0.1, 0.15) is 6.10 Å². The topological polar surface area (TPSA) is 116 Å². The first kappa shape index (κ1) is 25.4. The van der Waals surface area contributed by atoms with Crippen molar-refractivity contribution in [3.63, 3.8) is 0 Å². The van der Waals surface area contributed by atoms with Crippen molar-refractivity contribution in [1.82, 2.24) is 10.4 Å². The van der Waals surface area contributed by atoms with Gasteiger partial charge in [-0.15, -0.1) is 13.8 Å². The average Bonchev–Trinajstić information content (AvgIpc) is 3.22. The van der Waals surface area contributed by atoms with Crippen LogP contribution in [0.15, 0.2) is 23.2 Å². The SMILES string of the molecule is O=C(OC1CNCCC12N=C(c1cccc3c1OC(F)(F)O3)N(OC(=O)C(F)(F)F)C2=O)C(F)(F)F. The predicted molar refractivity (Wildman–Crippen MR) is 94.3 cm³/mol. The van der Waals surface area contributed by atoms with Gasteiger partial charge in [-0.2, -0.15) is 26.3 Å². The van der Waals surface area contributed by atoms with Gasteiger partial charge in [0.25, 0.3) is 5.91 Å². The minimum Gasteiger partial charge on any atom is -0.451 e. The third kappa shape index (κ3) is 4.35. The molecule has 0 aliphatic carbocycles. The number of nitrogens with one attached hydrogen (secondary N) is 1. The Morgan fingerprint density at radius 3 is 2.39 bits per heavy atom. The monoisotopic (exact) mass is 533 g/mol. The molecule has 0 saturated carbocycles. The summed E-state index contributed by atoms with van der Waals surface area (Å²) < 4.78 is 117. The fourth-order valence-electron chi connectivity index (χ4n) is 3.64. The van der Waals surface area contributed by atoms with Crippen molar-refractivity contribution in [3.05, 3.63) is 23.8 Å². The zero-order valence-electron chi connectivity index (χ0n) is 17.2. The smallest absolute Gasteiger partial charge is 0.451 e. The molecule has 2 unspecified atom stereocenters. The van der Waals surface area contributed by atoms with Crippen molar-refractivity contribution in [3.8, 4) is 11.5 Å². The van der Waals surface area contributed by atoms with Crippen LogP contribution in [0.5, 0.6) is 11.5 Å². The lowest BCUT2D eigenvalue weighted by atomic mass is 9.86. The van der Waals surface area contributed by atoms with Crippen molar-refractivity contribution in [2.24, 2.45) is 4.99 Å². The van der Waals surface area contributed by atoms with Gasteiger partial charge in [0.2, 0.25) is 0 Å². The summed E-state index contributed by atoms with van der Waals surface area (Å²) in [7, 11) is 0. The normalized spacial score (nSPS) is 25.1. The number of fused-ring (bicyclic) bond motifs is 1. The van der Waals surface area contributed by atoms with Crippen LogP contribution in [0, 0.1) is 0 Å². The van der Waals surface area contributed by atoms with Crippen LogP contribution in [0.3, 0.4) is 0 Å². The maximum Gasteiger partial charge on any atom is 0.586 e.